The van der Waals surface area contributed by atoms with Crippen LogP contribution in [0.4, 0.5) is 4.39 Å². The summed E-state index contributed by atoms with van der Waals surface area (Å²) >= 11 is 5.67. The van der Waals surface area contributed by atoms with E-state index in [0.717, 1.165) is 6.07 Å². The Morgan fingerprint density at radius 1 is 1.62 bits per heavy atom. The van der Waals surface area contributed by atoms with Crippen LogP contribution in [0.1, 0.15) is 16.7 Å². The molecule has 0 aliphatic carbocycles. The van der Waals surface area contributed by atoms with Gasteiger partial charge >= 0.3 is 5.97 Å². The Morgan fingerprint density at radius 2 is 2.31 bits per heavy atom. The minimum atomic E-state index is -0.565. The van der Waals surface area contributed by atoms with Crippen molar-refractivity contribution in [3.05, 3.63) is 34.6 Å². The Bertz CT molecular complexity index is 454. The number of ether oxygens (including phenoxy) is 1. The fourth-order valence-corrected chi connectivity index (χ4v) is 1.65. The third-order valence-corrected chi connectivity index (χ3v) is 2.39. The number of nitriles is 1. The fourth-order valence-electron chi connectivity index (χ4n) is 1.34. The molecule has 0 aliphatic heterocycles. The molecule has 1 rings (SSSR count). The van der Waals surface area contributed by atoms with E-state index >= 15 is 0 Å². The highest BCUT2D eigenvalue weighted by atomic mass is 35.5. The number of hydrogen-bond donors (Lipinski definition) is 0. The second-order valence-corrected chi connectivity index (χ2v) is 3.36. The summed E-state index contributed by atoms with van der Waals surface area (Å²) in [7, 11) is 1.24. The molecule has 16 heavy (non-hydrogen) atoms. The van der Waals surface area contributed by atoms with E-state index in [2.05, 4.69) is 4.74 Å². The van der Waals surface area contributed by atoms with Crippen LogP contribution in [-0.4, -0.2) is 13.1 Å². The number of methoxy groups -OCH3 is 1. The van der Waals surface area contributed by atoms with Crippen LogP contribution in [0, 0.1) is 17.1 Å². The third kappa shape index (κ3) is 2.71. The van der Waals surface area contributed by atoms with Crippen molar-refractivity contribution in [1.29, 1.82) is 5.26 Å². The molecular formula is C11H9ClFNO2. The predicted octanol–water partition coefficient (Wildman–Crippen LogP) is 2.15. The van der Waals surface area contributed by atoms with Gasteiger partial charge in [-0.05, 0) is 23.3 Å². The molecule has 0 bridgehead atoms. The van der Waals surface area contributed by atoms with Gasteiger partial charge in [0.25, 0.3) is 0 Å². The van der Waals surface area contributed by atoms with Gasteiger partial charge in [-0.15, -0.1) is 11.6 Å². The molecule has 0 amide bonds. The number of halogens is 2. The number of benzene rings is 1. The summed E-state index contributed by atoms with van der Waals surface area (Å²) in [6.07, 6.45) is -0.0923. The summed E-state index contributed by atoms with van der Waals surface area (Å²) in [5, 5.41) is 8.80. The minimum absolute atomic E-state index is 0.0511. The number of carbonyl (C=O) groups is 1. The van der Waals surface area contributed by atoms with Crippen LogP contribution in [-0.2, 0) is 21.8 Å². The van der Waals surface area contributed by atoms with Crippen molar-refractivity contribution in [3.8, 4) is 6.07 Å². The van der Waals surface area contributed by atoms with Gasteiger partial charge in [-0.2, -0.15) is 5.26 Å². The van der Waals surface area contributed by atoms with Gasteiger partial charge in [0.05, 0.1) is 25.2 Å². The first-order chi connectivity index (χ1) is 7.62. The van der Waals surface area contributed by atoms with Crippen LogP contribution >= 0.6 is 11.6 Å². The van der Waals surface area contributed by atoms with Gasteiger partial charge in [-0.1, -0.05) is 0 Å². The minimum Gasteiger partial charge on any atom is -0.469 e. The van der Waals surface area contributed by atoms with E-state index in [1.54, 1.807) is 0 Å². The average Bonchev–Trinajstić information content (AvgIpc) is 2.28. The van der Waals surface area contributed by atoms with Crippen molar-refractivity contribution in [2.45, 2.75) is 12.3 Å². The van der Waals surface area contributed by atoms with Crippen LogP contribution in [0.3, 0.4) is 0 Å². The molecule has 0 saturated carbocycles. The quantitative estimate of drug-likeness (QED) is 0.602. The molecule has 0 spiro atoms. The zero-order valence-electron chi connectivity index (χ0n) is 8.59. The molecule has 0 fully saturated rings. The molecule has 0 atom stereocenters. The maximum atomic E-state index is 13.1. The number of hydrogen-bond acceptors (Lipinski definition) is 3. The summed E-state index contributed by atoms with van der Waals surface area (Å²) in [6.45, 7) is 0. The summed E-state index contributed by atoms with van der Waals surface area (Å²) in [5.41, 5.74) is 1.00. The average molecular weight is 242 g/mol. The largest absolute Gasteiger partial charge is 0.469 e. The lowest BCUT2D eigenvalue weighted by atomic mass is 10.0. The molecule has 3 nitrogen and oxygen atoms in total. The Hall–Kier alpha value is -1.60. The molecule has 0 N–H and O–H groups in total. The number of alkyl halides is 1. The van der Waals surface area contributed by atoms with Gasteiger partial charge in [0.2, 0.25) is 0 Å². The molecule has 0 radical (unpaired) electrons. The first kappa shape index (κ1) is 12.5. The van der Waals surface area contributed by atoms with Crippen LogP contribution in [0.15, 0.2) is 12.1 Å². The summed E-state index contributed by atoms with van der Waals surface area (Å²) in [4.78, 5) is 11.1. The molecule has 1 aromatic carbocycles. The number of carbonyl (C=O) groups excluding carboxylic acids is 1. The molecular weight excluding hydrogens is 233 g/mol. The van der Waals surface area contributed by atoms with Gasteiger partial charge in [-0.3, -0.25) is 4.79 Å². The lowest BCUT2D eigenvalue weighted by Crippen LogP contribution is -2.08. The van der Waals surface area contributed by atoms with E-state index in [4.69, 9.17) is 16.9 Å². The molecule has 84 valence electrons. The van der Waals surface area contributed by atoms with Crippen molar-refractivity contribution in [2.75, 3.05) is 7.11 Å². The van der Waals surface area contributed by atoms with E-state index in [-0.39, 0.29) is 17.9 Å². The van der Waals surface area contributed by atoms with Crippen molar-refractivity contribution in [3.63, 3.8) is 0 Å². The Balaban J connectivity index is 3.21. The van der Waals surface area contributed by atoms with E-state index in [1.807, 2.05) is 6.07 Å². The third-order valence-electron chi connectivity index (χ3n) is 2.12. The molecule has 0 saturated heterocycles. The van der Waals surface area contributed by atoms with Crippen molar-refractivity contribution >= 4 is 17.6 Å². The van der Waals surface area contributed by atoms with Gasteiger partial charge in [0.1, 0.15) is 5.82 Å². The van der Waals surface area contributed by atoms with Gasteiger partial charge in [0.15, 0.2) is 0 Å². The molecule has 5 heteroatoms. The normalized spacial score (nSPS) is 9.62. The highest BCUT2D eigenvalue weighted by Gasteiger charge is 2.13. The number of nitrogens with zero attached hydrogens (tertiary/aromatic N) is 1. The first-order valence-corrected chi connectivity index (χ1v) is 5.00. The molecule has 0 heterocycles. The van der Waals surface area contributed by atoms with Crippen LogP contribution in [0.5, 0.6) is 0 Å². The number of esters is 1. The van der Waals surface area contributed by atoms with Crippen molar-refractivity contribution in [2.24, 2.45) is 0 Å². The molecule has 0 aromatic heterocycles. The van der Waals surface area contributed by atoms with E-state index in [1.165, 1.54) is 13.2 Å². The molecule has 0 unspecified atom stereocenters. The molecule has 1 aromatic rings. The summed E-state index contributed by atoms with van der Waals surface area (Å²) < 4.78 is 17.6. The zero-order chi connectivity index (χ0) is 12.1. The molecule has 0 aliphatic rings. The van der Waals surface area contributed by atoms with Crippen molar-refractivity contribution < 1.29 is 13.9 Å². The summed E-state index contributed by atoms with van der Waals surface area (Å²) in [6, 6.07) is 4.13. The predicted molar refractivity (Wildman–Crippen MR) is 56.4 cm³/mol. The standard InChI is InChI=1S/C11H9ClFNO2/c1-16-11(15)4-7-2-9(13)3-8(6-14)10(7)5-12/h2-3H,4-5H2,1H3. The van der Waals surface area contributed by atoms with Gasteiger partial charge in [0, 0.05) is 5.88 Å². The highest BCUT2D eigenvalue weighted by molar-refractivity contribution is 6.17. The Labute approximate surface area is 97.4 Å². The maximum absolute atomic E-state index is 13.1. The number of rotatable bonds is 3. The monoisotopic (exact) mass is 241 g/mol. The van der Waals surface area contributed by atoms with E-state index in [0.29, 0.717) is 11.1 Å². The fraction of sp³-hybridized carbons (Fsp3) is 0.273. The highest BCUT2D eigenvalue weighted by Crippen LogP contribution is 2.19. The van der Waals surface area contributed by atoms with Gasteiger partial charge < -0.3 is 4.74 Å². The Kier molecular flexibility index (Phi) is 4.27. The smallest absolute Gasteiger partial charge is 0.309 e. The first-order valence-electron chi connectivity index (χ1n) is 4.46. The second kappa shape index (κ2) is 5.47. The van der Waals surface area contributed by atoms with Crippen LogP contribution in [0.2, 0.25) is 0 Å². The SMILES string of the molecule is COC(=O)Cc1cc(F)cc(C#N)c1CCl. The zero-order valence-corrected chi connectivity index (χ0v) is 9.34. The van der Waals surface area contributed by atoms with Gasteiger partial charge in [-0.25, -0.2) is 4.39 Å². The lowest BCUT2D eigenvalue weighted by Gasteiger charge is -2.08. The van der Waals surface area contributed by atoms with Crippen LogP contribution in [0.25, 0.3) is 0 Å². The second-order valence-electron chi connectivity index (χ2n) is 3.09. The van der Waals surface area contributed by atoms with Crippen LogP contribution < -0.4 is 0 Å². The lowest BCUT2D eigenvalue weighted by molar-refractivity contribution is -0.139. The summed E-state index contributed by atoms with van der Waals surface area (Å²) in [5.74, 6) is -1.01. The van der Waals surface area contributed by atoms with E-state index < -0.39 is 11.8 Å². The topological polar surface area (TPSA) is 50.1 Å². The van der Waals surface area contributed by atoms with Crippen molar-refractivity contribution in [1.82, 2.24) is 0 Å². The van der Waals surface area contributed by atoms with E-state index in [9.17, 15) is 9.18 Å². The Morgan fingerprint density at radius 3 is 2.81 bits per heavy atom. The maximum Gasteiger partial charge on any atom is 0.309 e.